The fourth-order valence-corrected chi connectivity index (χ4v) is 4.48. The van der Waals surface area contributed by atoms with Crippen LogP contribution < -0.4 is 15.1 Å². The van der Waals surface area contributed by atoms with Crippen LogP contribution >= 0.6 is 0 Å². The van der Waals surface area contributed by atoms with E-state index in [0.29, 0.717) is 18.3 Å². The molecule has 9 nitrogen and oxygen atoms in total. The Morgan fingerprint density at radius 1 is 1.14 bits per heavy atom. The number of aromatic amines is 1. The first-order chi connectivity index (χ1) is 18.1. The SMILES string of the molecule is CCCCN(CCC)c1cc(OCCN2CCOCC2)nc(/C=N/Nc2ccc3[nH]c(C)c(C)c3c2)n1. The van der Waals surface area contributed by atoms with E-state index in [1.165, 1.54) is 16.6 Å². The number of H-pyrrole nitrogens is 1. The summed E-state index contributed by atoms with van der Waals surface area (Å²) in [5, 5.41) is 5.64. The van der Waals surface area contributed by atoms with Gasteiger partial charge in [-0.2, -0.15) is 10.1 Å². The average Bonchev–Trinajstić information content (AvgIpc) is 3.20. The zero-order valence-electron chi connectivity index (χ0n) is 22.7. The van der Waals surface area contributed by atoms with Crippen molar-refractivity contribution >= 4 is 28.6 Å². The normalized spacial score (nSPS) is 14.5. The molecule has 37 heavy (non-hydrogen) atoms. The van der Waals surface area contributed by atoms with Crippen molar-refractivity contribution in [2.75, 3.05) is 62.9 Å². The molecule has 0 radical (unpaired) electrons. The van der Waals surface area contributed by atoms with Gasteiger partial charge in [0.15, 0.2) is 5.82 Å². The van der Waals surface area contributed by atoms with Gasteiger partial charge in [0.25, 0.3) is 0 Å². The van der Waals surface area contributed by atoms with E-state index < -0.39 is 0 Å². The van der Waals surface area contributed by atoms with E-state index in [-0.39, 0.29) is 0 Å². The summed E-state index contributed by atoms with van der Waals surface area (Å²) in [6, 6.07) is 8.15. The third-order valence-corrected chi connectivity index (χ3v) is 6.75. The van der Waals surface area contributed by atoms with E-state index in [1.54, 1.807) is 6.21 Å². The average molecular weight is 508 g/mol. The van der Waals surface area contributed by atoms with Gasteiger partial charge in [-0.1, -0.05) is 20.3 Å². The second kappa shape index (κ2) is 13.4. The van der Waals surface area contributed by atoms with Crippen LogP contribution in [0.15, 0.2) is 29.4 Å². The number of aryl methyl sites for hydroxylation is 2. The van der Waals surface area contributed by atoms with Crippen LogP contribution in [0.4, 0.5) is 11.5 Å². The van der Waals surface area contributed by atoms with Crippen LogP contribution in [-0.2, 0) is 4.74 Å². The molecule has 0 spiro atoms. The molecule has 0 atom stereocenters. The van der Waals surface area contributed by atoms with Crippen molar-refractivity contribution in [3.8, 4) is 5.88 Å². The van der Waals surface area contributed by atoms with Crippen molar-refractivity contribution in [3.05, 3.63) is 41.3 Å². The van der Waals surface area contributed by atoms with Crippen LogP contribution in [0.25, 0.3) is 10.9 Å². The highest BCUT2D eigenvalue weighted by Crippen LogP contribution is 2.24. The van der Waals surface area contributed by atoms with Gasteiger partial charge in [0.05, 0.1) is 25.1 Å². The molecule has 3 heterocycles. The molecule has 3 aromatic rings. The maximum Gasteiger partial charge on any atom is 0.219 e. The second-order valence-corrected chi connectivity index (χ2v) is 9.57. The van der Waals surface area contributed by atoms with Crippen LogP contribution in [0.2, 0.25) is 0 Å². The molecule has 0 bridgehead atoms. The van der Waals surface area contributed by atoms with Gasteiger partial charge >= 0.3 is 0 Å². The van der Waals surface area contributed by atoms with Gasteiger partial charge in [0, 0.05) is 55.4 Å². The molecule has 2 aromatic heterocycles. The molecule has 2 N–H and O–H groups in total. The molecule has 0 unspecified atom stereocenters. The van der Waals surface area contributed by atoms with E-state index in [4.69, 9.17) is 14.5 Å². The number of hydrogen-bond donors (Lipinski definition) is 2. The standard InChI is InChI=1S/C28H41N7O2/c1-5-7-11-35(10-6-2)27-19-28(37-17-14-34-12-15-36-16-13-34)32-26(31-27)20-29-33-23-8-9-25-24(18-23)21(3)22(4)30-25/h8-9,18-20,30,33H,5-7,10-17H2,1-4H3/b29-20+. The molecule has 1 aliphatic rings. The van der Waals surface area contributed by atoms with Crippen molar-refractivity contribution < 1.29 is 9.47 Å². The van der Waals surface area contributed by atoms with E-state index in [1.807, 2.05) is 12.1 Å². The third kappa shape index (κ3) is 7.42. The number of aromatic nitrogens is 3. The quantitative estimate of drug-likeness (QED) is 0.255. The first kappa shape index (κ1) is 26.9. The third-order valence-electron chi connectivity index (χ3n) is 6.75. The summed E-state index contributed by atoms with van der Waals surface area (Å²) in [5.74, 6) is 1.99. The van der Waals surface area contributed by atoms with Gasteiger partial charge in [-0.15, -0.1) is 0 Å². The van der Waals surface area contributed by atoms with Gasteiger partial charge in [-0.3, -0.25) is 10.3 Å². The monoisotopic (exact) mass is 507 g/mol. The molecule has 0 amide bonds. The Morgan fingerprint density at radius 2 is 1.97 bits per heavy atom. The molecule has 1 aromatic carbocycles. The van der Waals surface area contributed by atoms with Gasteiger partial charge in [0.2, 0.25) is 5.88 Å². The number of nitrogens with zero attached hydrogens (tertiary/aromatic N) is 5. The van der Waals surface area contributed by atoms with Crippen LogP contribution in [0.3, 0.4) is 0 Å². The Bertz CT molecular complexity index is 1170. The molecule has 1 fully saturated rings. The number of rotatable bonds is 13. The number of hydrazone groups is 1. The minimum Gasteiger partial charge on any atom is -0.476 e. The molecule has 4 rings (SSSR count). The molecule has 200 valence electrons. The number of fused-ring (bicyclic) bond motifs is 1. The summed E-state index contributed by atoms with van der Waals surface area (Å²) >= 11 is 0. The summed E-state index contributed by atoms with van der Waals surface area (Å²) in [5.41, 5.74) is 7.61. The first-order valence-corrected chi connectivity index (χ1v) is 13.5. The second-order valence-electron chi connectivity index (χ2n) is 9.57. The zero-order chi connectivity index (χ0) is 26.0. The Morgan fingerprint density at radius 3 is 2.76 bits per heavy atom. The lowest BCUT2D eigenvalue weighted by Crippen LogP contribution is -2.38. The predicted octanol–water partition coefficient (Wildman–Crippen LogP) is 4.75. The number of unbranched alkanes of at least 4 members (excludes halogenated alkanes) is 1. The summed E-state index contributed by atoms with van der Waals surface area (Å²) in [6.45, 7) is 15.4. The van der Waals surface area contributed by atoms with Crippen LogP contribution in [0.5, 0.6) is 5.88 Å². The minimum absolute atomic E-state index is 0.527. The van der Waals surface area contributed by atoms with Crippen molar-refractivity contribution in [1.29, 1.82) is 0 Å². The summed E-state index contributed by atoms with van der Waals surface area (Å²) in [6.07, 6.45) is 4.97. The van der Waals surface area contributed by atoms with E-state index in [2.05, 4.69) is 70.1 Å². The largest absolute Gasteiger partial charge is 0.476 e. The molecular weight excluding hydrogens is 466 g/mol. The van der Waals surface area contributed by atoms with Crippen LogP contribution in [0, 0.1) is 13.8 Å². The van der Waals surface area contributed by atoms with E-state index >= 15 is 0 Å². The number of hydrogen-bond acceptors (Lipinski definition) is 8. The number of anilines is 2. The van der Waals surface area contributed by atoms with Crippen molar-refractivity contribution in [1.82, 2.24) is 19.9 Å². The summed E-state index contributed by atoms with van der Waals surface area (Å²) < 4.78 is 11.5. The maximum absolute atomic E-state index is 6.11. The van der Waals surface area contributed by atoms with Crippen molar-refractivity contribution in [3.63, 3.8) is 0 Å². The number of ether oxygens (including phenoxy) is 2. The lowest BCUT2D eigenvalue weighted by Gasteiger charge is -2.26. The molecule has 0 aliphatic carbocycles. The Hall–Kier alpha value is -3.17. The summed E-state index contributed by atoms with van der Waals surface area (Å²) in [7, 11) is 0. The highest BCUT2D eigenvalue weighted by atomic mass is 16.5. The first-order valence-electron chi connectivity index (χ1n) is 13.5. The van der Waals surface area contributed by atoms with Crippen LogP contribution in [-0.4, -0.2) is 78.6 Å². The van der Waals surface area contributed by atoms with Crippen molar-refractivity contribution in [2.24, 2.45) is 5.10 Å². The van der Waals surface area contributed by atoms with Gasteiger partial charge in [0.1, 0.15) is 12.4 Å². The minimum atomic E-state index is 0.527. The molecule has 9 heteroatoms. The van der Waals surface area contributed by atoms with Crippen molar-refractivity contribution in [2.45, 2.75) is 47.0 Å². The van der Waals surface area contributed by atoms with E-state index in [9.17, 15) is 0 Å². The van der Waals surface area contributed by atoms with Gasteiger partial charge < -0.3 is 19.4 Å². The Kier molecular flexibility index (Phi) is 9.73. The Balaban J connectivity index is 1.49. The lowest BCUT2D eigenvalue weighted by molar-refractivity contribution is 0.0320. The highest BCUT2D eigenvalue weighted by molar-refractivity contribution is 5.87. The molecule has 1 aliphatic heterocycles. The number of morpholine rings is 1. The zero-order valence-corrected chi connectivity index (χ0v) is 22.7. The number of nitrogens with one attached hydrogen (secondary N) is 2. The lowest BCUT2D eigenvalue weighted by atomic mass is 10.1. The van der Waals surface area contributed by atoms with Gasteiger partial charge in [-0.05, 0) is 50.5 Å². The number of benzene rings is 1. The molecule has 1 saturated heterocycles. The fourth-order valence-electron chi connectivity index (χ4n) is 4.48. The molecular formula is C28H41N7O2. The fraction of sp³-hybridized carbons (Fsp3) is 0.536. The van der Waals surface area contributed by atoms with E-state index in [0.717, 1.165) is 82.2 Å². The molecule has 0 saturated carbocycles. The Labute approximate surface area is 220 Å². The smallest absolute Gasteiger partial charge is 0.219 e. The topological polar surface area (TPSA) is 90.9 Å². The summed E-state index contributed by atoms with van der Waals surface area (Å²) in [4.78, 5) is 17.5. The van der Waals surface area contributed by atoms with Gasteiger partial charge in [-0.25, -0.2) is 4.98 Å². The maximum atomic E-state index is 6.11. The predicted molar refractivity (Wildman–Crippen MR) is 151 cm³/mol. The van der Waals surface area contributed by atoms with Crippen LogP contribution in [0.1, 0.15) is 50.2 Å². The highest BCUT2D eigenvalue weighted by Gasteiger charge is 2.14.